The number of rotatable bonds is 4. The molecule has 0 amide bonds. The van der Waals surface area contributed by atoms with E-state index in [0.717, 1.165) is 5.92 Å². The molecule has 2 heteroatoms. The van der Waals surface area contributed by atoms with Gasteiger partial charge in [-0.15, -0.1) is 11.3 Å². The Morgan fingerprint density at radius 1 is 1.37 bits per heavy atom. The summed E-state index contributed by atoms with van der Waals surface area (Å²) >= 11 is 1.94. The lowest BCUT2D eigenvalue weighted by molar-refractivity contribution is 0.145. The van der Waals surface area contributed by atoms with E-state index < -0.39 is 0 Å². The minimum atomic E-state index is 0.509. The van der Waals surface area contributed by atoms with Gasteiger partial charge in [0.25, 0.3) is 0 Å². The second-order valence-electron chi connectivity index (χ2n) is 7.39. The Kier molecular flexibility index (Phi) is 4.73. The Balaban J connectivity index is 1.86. The van der Waals surface area contributed by atoms with E-state index in [2.05, 4.69) is 52.1 Å². The van der Waals surface area contributed by atoms with Crippen LogP contribution in [0.1, 0.15) is 56.7 Å². The van der Waals surface area contributed by atoms with E-state index in [-0.39, 0.29) is 0 Å². The Hall–Kier alpha value is -0.340. The van der Waals surface area contributed by atoms with Crippen LogP contribution in [0, 0.1) is 18.3 Å². The third kappa shape index (κ3) is 4.61. The highest BCUT2D eigenvalue weighted by Gasteiger charge is 2.32. The molecule has 1 heterocycles. The van der Waals surface area contributed by atoms with Crippen molar-refractivity contribution in [2.24, 2.45) is 11.3 Å². The maximum absolute atomic E-state index is 3.87. The molecule has 1 aromatic rings. The minimum absolute atomic E-state index is 0.509. The smallest absolute Gasteiger partial charge is 0.00896 e. The summed E-state index contributed by atoms with van der Waals surface area (Å²) in [5.41, 5.74) is 0.509. The van der Waals surface area contributed by atoms with Gasteiger partial charge in [0.2, 0.25) is 0 Å². The molecule has 0 aromatic carbocycles. The van der Waals surface area contributed by atoms with Gasteiger partial charge in [0.05, 0.1) is 0 Å². The molecule has 1 saturated carbocycles. The van der Waals surface area contributed by atoms with E-state index in [9.17, 15) is 0 Å². The summed E-state index contributed by atoms with van der Waals surface area (Å²) < 4.78 is 0. The lowest BCUT2D eigenvalue weighted by atomic mass is 9.70. The van der Waals surface area contributed by atoms with E-state index in [1.165, 1.54) is 35.4 Å². The maximum Gasteiger partial charge on any atom is 0.00896 e. The van der Waals surface area contributed by atoms with Crippen LogP contribution >= 0.6 is 11.3 Å². The molecule has 108 valence electrons. The van der Waals surface area contributed by atoms with Gasteiger partial charge in [-0.2, -0.15) is 0 Å². The molecule has 1 N–H and O–H groups in total. The summed E-state index contributed by atoms with van der Waals surface area (Å²) in [6.07, 6.45) is 5.22. The number of hydrogen-bond donors (Lipinski definition) is 1. The number of thiophene rings is 1. The predicted molar refractivity (Wildman–Crippen MR) is 85.9 cm³/mol. The van der Waals surface area contributed by atoms with Crippen molar-refractivity contribution in [3.63, 3.8) is 0 Å². The molecule has 1 fully saturated rings. The highest BCUT2D eigenvalue weighted by molar-refractivity contribution is 7.11. The maximum atomic E-state index is 3.87. The van der Waals surface area contributed by atoms with Gasteiger partial charge >= 0.3 is 0 Å². The predicted octanol–water partition coefficient (Wildman–Crippen LogP) is 4.79. The Bertz CT molecular complexity index is 407. The molecule has 3 unspecified atom stereocenters. The van der Waals surface area contributed by atoms with E-state index in [0.29, 0.717) is 17.5 Å². The lowest BCUT2D eigenvalue weighted by Crippen LogP contribution is -2.44. The van der Waals surface area contributed by atoms with Crippen LogP contribution in [0.25, 0.3) is 0 Å². The quantitative estimate of drug-likeness (QED) is 0.835. The fourth-order valence-corrected chi connectivity index (χ4v) is 4.85. The van der Waals surface area contributed by atoms with Crippen LogP contribution in [0.5, 0.6) is 0 Å². The minimum Gasteiger partial charge on any atom is -0.311 e. The van der Waals surface area contributed by atoms with E-state index in [1.807, 2.05) is 11.3 Å². The van der Waals surface area contributed by atoms with Crippen LogP contribution in [0.3, 0.4) is 0 Å². The summed E-state index contributed by atoms with van der Waals surface area (Å²) in [7, 11) is 0. The highest BCUT2D eigenvalue weighted by atomic mass is 32.1. The summed E-state index contributed by atoms with van der Waals surface area (Å²) in [4.78, 5) is 2.94. The molecule has 0 aliphatic heterocycles. The van der Waals surface area contributed by atoms with Crippen molar-refractivity contribution in [1.82, 2.24) is 5.32 Å². The van der Waals surface area contributed by atoms with E-state index in [4.69, 9.17) is 0 Å². The van der Waals surface area contributed by atoms with Gasteiger partial charge in [-0.1, -0.05) is 20.8 Å². The van der Waals surface area contributed by atoms with Crippen molar-refractivity contribution in [3.05, 3.63) is 21.9 Å². The molecule has 0 saturated heterocycles. The molecule has 0 bridgehead atoms. The third-order valence-corrected chi connectivity index (χ3v) is 5.23. The van der Waals surface area contributed by atoms with Crippen LogP contribution < -0.4 is 5.32 Å². The zero-order valence-corrected chi connectivity index (χ0v) is 13.9. The average molecular weight is 279 g/mol. The van der Waals surface area contributed by atoms with Crippen molar-refractivity contribution in [1.29, 1.82) is 0 Å². The first kappa shape index (κ1) is 15.1. The molecule has 1 nitrogen and oxygen atoms in total. The van der Waals surface area contributed by atoms with Gasteiger partial charge in [0, 0.05) is 21.8 Å². The fourth-order valence-electron chi connectivity index (χ4n) is 3.83. The SMILES string of the molecule is Cc1ccc(CC(C)NC2CC(C)CC(C)(C)C2)s1. The highest BCUT2D eigenvalue weighted by Crippen LogP contribution is 2.38. The lowest BCUT2D eigenvalue weighted by Gasteiger charge is -2.40. The molecular formula is C17H29NS. The standard InChI is InChI=1S/C17H29NS/c1-12-8-15(11-17(4,5)10-12)18-13(2)9-16-7-6-14(3)19-16/h6-7,12-13,15,18H,8-11H2,1-5H3. The second kappa shape index (κ2) is 5.97. The zero-order valence-electron chi connectivity index (χ0n) is 13.1. The average Bonchev–Trinajstić information content (AvgIpc) is 2.59. The summed E-state index contributed by atoms with van der Waals surface area (Å²) in [5, 5.41) is 3.87. The van der Waals surface area contributed by atoms with Crippen molar-refractivity contribution in [2.75, 3.05) is 0 Å². The van der Waals surface area contributed by atoms with E-state index >= 15 is 0 Å². The molecule has 19 heavy (non-hydrogen) atoms. The zero-order chi connectivity index (χ0) is 14.0. The summed E-state index contributed by atoms with van der Waals surface area (Å²) in [6, 6.07) is 5.81. The molecule has 0 spiro atoms. The first-order valence-corrected chi connectivity index (χ1v) is 8.47. The van der Waals surface area contributed by atoms with Crippen LogP contribution in [-0.4, -0.2) is 12.1 Å². The molecule has 1 aliphatic rings. The van der Waals surface area contributed by atoms with Crippen LogP contribution in [0.2, 0.25) is 0 Å². The van der Waals surface area contributed by atoms with Crippen molar-refractivity contribution < 1.29 is 0 Å². The Labute approximate surface area is 122 Å². The van der Waals surface area contributed by atoms with Crippen molar-refractivity contribution in [2.45, 2.75) is 72.4 Å². The van der Waals surface area contributed by atoms with Gasteiger partial charge in [0.15, 0.2) is 0 Å². The second-order valence-corrected chi connectivity index (χ2v) is 8.77. The molecule has 1 aliphatic carbocycles. The fraction of sp³-hybridized carbons (Fsp3) is 0.765. The number of hydrogen-bond acceptors (Lipinski definition) is 2. The third-order valence-electron chi connectivity index (χ3n) is 4.21. The summed E-state index contributed by atoms with van der Waals surface area (Å²) in [5.74, 6) is 0.859. The molecule has 0 radical (unpaired) electrons. The topological polar surface area (TPSA) is 12.0 Å². The van der Waals surface area contributed by atoms with E-state index in [1.54, 1.807) is 0 Å². The first-order chi connectivity index (χ1) is 8.84. The Morgan fingerprint density at radius 3 is 2.68 bits per heavy atom. The van der Waals surface area contributed by atoms with Gasteiger partial charge in [-0.25, -0.2) is 0 Å². The van der Waals surface area contributed by atoms with Crippen molar-refractivity contribution >= 4 is 11.3 Å². The molecular weight excluding hydrogens is 250 g/mol. The Morgan fingerprint density at radius 2 is 2.11 bits per heavy atom. The van der Waals surface area contributed by atoms with Crippen LogP contribution in [-0.2, 0) is 6.42 Å². The van der Waals surface area contributed by atoms with Gasteiger partial charge in [0.1, 0.15) is 0 Å². The van der Waals surface area contributed by atoms with Crippen LogP contribution in [0.4, 0.5) is 0 Å². The largest absolute Gasteiger partial charge is 0.311 e. The number of aryl methyl sites for hydroxylation is 1. The van der Waals surface area contributed by atoms with Crippen molar-refractivity contribution in [3.8, 4) is 0 Å². The molecule has 2 rings (SSSR count). The monoisotopic (exact) mass is 279 g/mol. The van der Waals surface area contributed by atoms with Gasteiger partial charge in [-0.05, 0) is 63.0 Å². The normalized spacial score (nSPS) is 28.3. The molecule has 3 atom stereocenters. The van der Waals surface area contributed by atoms with Gasteiger partial charge < -0.3 is 5.32 Å². The van der Waals surface area contributed by atoms with Gasteiger partial charge in [-0.3, -0.25) is 0 Å². The van der Waals surface area contributed by atoms with Crippen LogP contribution in [0.15, 0.2) is 12.1 Å². The number of nitrogens with one attached hydrogen (secondary N) is 1. The first-order valence-electron chi connectivity index (χ1n) is 7.65. The summed E-state index contributed by atoms with van der Waals surface area (Å²) in [6.45, 7) is 11.8. The molecule has 1 aromatic heterocycles.